The highest BCUT2D eigenvalue weighted by Gasteiger charge is 2.10. The Bertz CT molecular complexity index is 773. The van der Waals surface area contributed by atoms with Crippen LogP contribution in [0.5, 0.6) is 0 Å². The highest BCUT2D eigenvalue weighted by Crippen LogP contribution is 2.18. The summed E-state index contributed by atoms with van der Waals surface area (Å²) in [4.78, 5) is 15.2. The van der Waals surface area contributed by atoms with E-state index in [4.69, 9.17) is 4.74 Å². The third kappa shape index (κ3) is 2.97. The summed E-state index contributed by atoms with van der Waals surface area (Å²) in [6, 6.07) is 15.9. The van der Waals surface area contributed by atoms with E-state index in [2.05, 4.69) is 4.98 Å². The number of aromatic nitrogens is 1. The van der Waals surface area contributed by atoms with E-state index in [9.17, 15) is 4.79 Å². The first-order valence-electron chi connectivity index (χ1n) is 6.99. The van der Waals surface area contributed by atoms with Gasteiger partial charge in [-0.3, -0.25) is 4.79 Å². The lowest BCUT2D eigenvalue weighted by Crippen LogP contribution is -2.08. The van der Waals surface area contributed by atoms with E-state index in [1.54, 1.807) is 0 Å². The first-order chi connectivity index (χ1) is 10.2. The van der Waals surface area contributed by atoms with Crippen molar-refractivity contribution >= 4 is 16.9 Å². The Kier molecular flexibility index (Phi) is 3.73. The number of aromatic amines is 1. The molecule has 1 heterocycles. The maximum atomic E-state index is 12.0. The van der Waals surface area contributed by atoms with Gasteiger partial charge in [0.25, 0.3) is 0 Å². The number of H-pyrrole nitrogens is 1. The van der Waals surface area contributed by atoms with Gasteiger partial charge in [-0.1, -0.05) is 42.5 Å². The first-order valence-corrected chi connectivity index (χ1v) is 6.99. The number of aryl methyl sites for hydroxylation is 1. The van der Waals surface area contributed by atoms with Gasteiger partial charge in [-0.2, -0.15) is 0 Å². The van der Waals surface area contributed by atoms with Gasteiger partial charge in [0.15, 0.2) is 0 Å². The van der Waals surface area contributed by atoms with Crippen LogP contribution in [0.4, 0.5) is 0 Å². The molecule has 106 valence electrons. The van der Waals surface area contributed by atoms with Crippen molar-refractivity contribution in [3.05, 3.63) is 71.4 Å². The molecule has 0 saturated heterocycles. The fourth-order valence-corrected chi connectivity index (χ4v) is 2.41. The maximum Gasteiger partial charge on any atom is 0.310 e. The lowest BCUT2D eigenvalue weighted by atomic mass is 10.1. The number of esters is 1. The van der Waals surface area contributed by atoms with Crippen molar-refractivity contribution < 1.29 is 9.53 Å². The van der Waals surface area contributed by atoms with E-state index >= 15 is 0 Å². The maximum absolute atomic E-state index is 12.0. The standard InChI is InChI=1S/C18H17NO2/c1-13-6-2-3-7-14(13)12-21-18(20)10-15-11-19-17-9-5-4-8-16(15)17/h2-9,11,19H,10,12H2,1H3. The van der Waals surface area contributed by atoms with Crippen molar-refractivity contribution in [2.24, 2.45) is 0 Å². The number of ether oxygens (including phenoxy) is 1. The van der Waals surface area contributed by atoms with Gasteiger partial charge >= 0.3 is 5.97 Å². The Morgan fingerprint density at radius 3 is 2.67 bits per heavy atom. The molecule has 3 nitrogen and oxygen atoms in total. The van der Waals surface area contributed by atoms with Crippen LogP contribution in [-0.2, 0) is 22.6 Å². The van der Waals surface area contributed by atoms with Crippen LogP contribution in [0.2, 0.25) is 0 Å². The number of fused-ring (bicyclic) bond motifs is 1. The van der Waals surface area contributed by atoms with Gasteiger partial charge < -0.3 is 9.72 Å². The fourth-order valence-electron chi connectivity index (χ4n) is 2.41. The molecule has 0 saturated carbocycles. The minimum absolute atomic E-state index is 0.206. The van der Waals surface area contributed by atoms with Crippen molar-refractivity contribution in [2.75, 3.05) is 0 Å². The number of nitrogens with one attached hydrogen (secondary N) is 1. The number of rotatable bonds is 4. The van der Waals surface area contributed by atoms with Crippen molar-refractivity contribution in [3.8, 4) is 0 Å². The SMILES string of the molecule is Cc1ccccc1COC(=O)Cc1c[nH]c2ccccc12. The Hall–Kier alpha value is -2.55. The molecular weight excluding hydrogens is 262 g/mol. The molecule has 0 fully saturated rings. The van der Waals surface area contributed by atoms with Crippen molar-refractivity contribution in [1.82, 2.24) is 4.98 Å². The molecule has 0 spiro atoms. The molecule has 0 radical (unpaired) electrons. The zero-order valence-electron chi connectivity index (χ0n) is 11.9. The van der Waals surface area contributed by atoms with Gasteiger partial charge in [0.05, 0.1) is 6.42 Å². The van der Waals surface area contributed by atoms with Gasteiger partial charge in [0.1, 0.15) is 6.61 Å². The molecule has 3 rings (SSSR count). The molecule has 0 atom stereocenters. The Morgan fingerprint density at radius 1 is 1.05 bits per heavy atom. The molecule has 0 aliphatic rings. The number of para-hydroxylation sites is 1. The average Bonchev–Trinajstić information content (AvgIpc) is 2.90. The summed E-state index contributed by atoms with van der Waals surface area (Å²) in [5.74, 6) is -0.206. The van der Waals surface area contributed by atoms with E-state index < -0.39 is 0 Å². The third-order valence-electron chi connectivity index (χ3n) is 3.66. The van der Waals surface area contributed by atoms with Gasteiger partial charge in [-0.05, 0) is 29.7 Å². The normalized spacial score (nSPS) is 10.7. The van der Waals surface area contributed by atoms with E-state index in [1.165, 1.54) is 0 Å². The lowest BCUT2D eigenvalue weighted by Gasteiger charge is -2.07. The van der Waals surface area contributed by atoms with Gasteiger partial charge in [-0.25, -0.2) is 0 Å². The van der Waals surface area contributed by atoms with Crippen LogP contribution in [-0.4, -0.2) is 11.0 Å². The number of carbonyl (C=O) groups is 1. The van der Waals surface area contributed by atoms with Crippen molar-refractivity contribution in [1.29, 1.82) is 0 Å². The lowest BCUT2D eigenvalue weighted by molar-refractivity contribution is -0.144. The number of hydrogen-bond donors (Lipinski definition) is 1. The van der Waals surface area contributed by atoms with E-state index in [1.807, 2.05) is 61.7 Å². The number of hydrogen-bond acceptors (Lipinski definition) is 2. The summed E-state index contributed by atoms with van der Waals surface area (Å²) in [7, 11) is 0. The van der Waals surface area contributed by atoms with Crippen LogP contribution in [0.25, 0.3) is 10.9 Å². The third-order valence-corrected chi connectivity index (χ3v) is 3.66. The highest BCUT2D eigenvalue weighted by molar-refractivity contribution is 5.87. The second-order valence-corrected chi connectivity index (χ2v) is 5.12. The highest BCUT2D eigenvalue weighted by atomic mass is 16.5. The summed E-state index contributed by atoms with van der Waals surface area (Å²) >= 11 is 0. The molecule has 1 aromatic heterocycles. The summed E-state index contributed by atoms with van der Waals surface area (Å²) in [5.41, 5.74) is 4.20. The summed E-state index contributed by atoms with van der Waals surface area (Å²) in [5, 5.41) is 1.07. The monoisotopic (exact) mass is 279 g/mol. The molecule has 0 unspecified atom stereocenters. The second kappa shape index (κ2) is 5.83. The Balaban J connectivity index is 1.66. The van der Waals surface area contributed by atoms with E-state index in [0.717, 1.165) is 27.6 Å². The molecule has 0 bridgehead atoms. The summed E-state index contributed by atoms with van der Waals surface area (Å²) in [6.45, 7) is 2.34. The van der Waals surface area contributed by atoms with Crippen LogP contribution in [0.15, 0.2) is 54.7 Å². The molecule has 1 N–H and O–H groups in total. The van der Waals surface area contributed by atoms with Crippen molar-refractivity contribution in [2.45, 2.75) is 20.0 Å². The van der Waals surface area contributed by atoms with Crippen LogP contribution in [0.3, 0.4) is 0 Å². The van der Waals surface area contributed by atoms with Crippen LogP contribution in [0, 0.1) is 6.92 Å². The predicted molar refractivity (Wildman–Crippen MR) is 83.0 cm³/mol. The second-order valence-electron chi connectivity index (χ2n) is 5.12. The first kappa shape index (κ1) is 13.4. The molecule has 3 aromatic rings. The molecule has 0 aliphatic heterocycles. The predicted octanol–water partition coefficient (Wildman–Crippen LogP) is 3.76. The van der Waals surface area contributed by atoms with Gasteiger partial charge in [0, 0.05) is 17.1 Å². The quantitative estimate of drug-likeness (QED) is 0.739. The smallest absolute Gasteiger partial charge is 0.310 e. The average molecular weight is 279 g/mol. The largest absolute Gasteiger partial charge is 0.461 e. The van der Waals surface area contributed by atoms with Crippen LogP contribution < -0.4 is 0 Å². The fraction of sp³-hybridized carbons (Fsp3) is 0.167. The number of benzene rings is 2. The summed E-state index contributed by atoms with van der Waals surface area (Å²) < 4.78 is 5.38. The molecular formula is C18H17NO2. The summed E-state index contributed by atoms with van der Waals surface area (Å²) in [6.07, 6.45) is 2.16. The van der Waals surface area contributed by atoms with Crippen LogP contribution in [0.1, 0.15) is 16.7 Å². The minimum atomic E-state index is -0.206. The topological polar surface area (TPSA) is 42.1 Å². The minimum Gasteiger partial charge on any atom is -0.461 e. The van der Waals surface area contributed by atoms with Gasteiger partial charge in [0.2, 0.25) is 0 Å². The van der Waals surface area contributed by atoms with Gasteiger partial charge in [-0.15, -0.1) is 0 Å². The van der Waals surface area contributed by atoms with Crippen molar-refractivity contribution in [3.63, 3.8) is 0 Å². The molecule has 2 aromatic carbocycles. The zero-order valence-corrected chi connectivity index (χ0v) is 11.9. The molecule has 0 amide bonds. The molecule has 0 aliphatic carbocycles. The zero-order chi connectivity index (χ0) is 14.7. The molecule has 3 heteroatoms. The number of carbonyl (C=O) groups excluding carboxylic acids is 1. The Morgan fingerprint density at radius 2 is 1.81 bits per heavy atom. The molecule has 21 heavy (non-hydrogen) atoms. The Labute approximate surface area is 123 Å². The van der Waals surface area contributed by atoms with Crippen LogP contribution >= 0.6 is 0 Å². The van der Waals surface area contributed by atoms with E-state index in [-0.39, 0.29) is 12.4 Å². The van der Waals surface area contributed by atoms with E-state index in [0.29, 0.717) is 6.61 Å².